The van der Waals surface area contributed by atoms with Crippen molar-refractivity contribution >= 4 is 57.0 Å². The first-order valence-corrected chi connectivity index (χ1v) is 11.3. The fraction of sp³-hybridized carbons (Fsp3) is 0.192. The molecule has 2 amide bonds. The van der Waals surface area contributed by atoms with Gasteiger partial charge in [-0.25, -0.2) is 0 Å². The molecule has 9 heteroatoms. The standard InChI is InChI=1S/C26H23ClN2O6/c1-33-23-13-19-18-5-2-3-6-21(18)35-22(19)14-20(23)29-24(30)15-34-25(31)7-4-12-28-26(32)16-8-10-17(27)11-9-16/h2-3,5-6,8-11,13-14H,4,7,12,15H2,1H3,(H,28,32)(H,29,30). The summed E-state index contributed by atoms with van der Waals surface area (Å²) in [6.45, 7) is -0.158. The molecule has 2 N–H and O–H groups in total. The molecule has 0 fully saturated rings. The molecule has 0 bridgehead atoms. The molecule has 0 spiro atoms. The number of carbonyl (C=O) groups is 3. The Morgan fingerprint density at radius 2 is 1.74 bits per heavy atom. The van der Waals surface area contributed by atoms with Gasteiger partial charge in [-0.15, -0.1) is 0 Å². The van der Waals surface area contributed by atoms with Gasteiger partial charge in [0.05, 0.1) is 12.8 Å². The predicted octanol–water partition coefficient (Wildman–Crippen LogP) is 4.94. The fourth-order valence-electron chi connectivity index (χ4n) is 3.56. The largest absolute Gasteiger partial charge is 0.495 e. The quantitative estimate of drug-likeness (QED) is 0.252. The van der Waals surface area contributed by atoms with Gasteiger partial charge < -0.3 is 24.5 Å². The molecule has 1 heterocycles. The van der Waals surface area contributed by atoms with E-state index in [0.29, 0.717) is 34.0 Å². The normalized spacial score (nSPS) is 10.8. The zero-order valence-electron chi connectivity index (χ0n) is 18.9. The first-order valence-electron chi connectivity index (χ1n) is 10.9. The molecule has 0 aliphatic heterocycles. The van der Waals surface area contributed by atoms with Crippen molar-refractivity contribution in [3.05, 3.63) is 71.2 Å². The highest BCUT2D eigenvalue weighted by molar-refractivity contribution is 6.30. The van der Waals surface area contributed by atoms with Crippen LogP contribution in [0.3, 0.4) is 0 Å². The number of anilines is 1. The highest BCUT2D eigenvalue weighted by Crippen LogP contribution is 2.36. The minimum Gasteiger partial charge on any atom is -0.495 e. The Kier molecular flexibility index (Phi) is 7.52. The zero-order valence-corrected chi connectivity index (χ0v) is 19.7. The van der Waals surface area contributed by atoms with Gasteiger partial charge in [0, 0.05) is 40.4 Å². The number of rotatable bonds is 9. The number of methoxy groups -OCH3 is 1. The van der Waals surface area contributed by atoms with Crippen LogP contribution in [0.4, 0.5) is 5.69 Å². The number of para-hydroxylation sites is 1. The summed E-state index contributed by atoms with van der Waals surface area (Å²) >= 11 is 5.81. The maximum absolute atomic E-state index is 12.4. The molecule has 0 aliphatic carbocycles. The first kappa shape index (κ1) is 24.1. The number of halogens is 1. The van der Waals surface area contributed by atoms with Crippen LogP contribution in [0.15, 0.2) is 65.1 Å². The second kappa shape index (κ2) is 10.9. The molecule has 0 saturated carbocycles. The molecule has 1 aromatic heterocycles. The number of nitrogens with one attached hydrogen (secondary N) is 2. The highest BCUT2D eigenvalue weighted by atomic mass is 35.5. The molecule has 0 aliphatic rings. The molecule has 4 aromatic rings. The highest BCUT2D eigenvalue weighted by Gasteiger charge is 2.15. The molecule has 3 aromatic carbocycles. The molecular weight excluding hydrogens is 472 g/mol. The van der Waals surface area contributed by atoms with E-state index in [9.17, 15) is 14.4 Å². The number of esters is 1. The minimum absolute atomic E-state index is 0.0580. The van der Waals surface area contributed by atoms with Crippen molar-refractivity contribution in [2.75, 3.05) is 25.6 Å². The van der Waals surface area contributed by atoms with Crippen LogP contribution in [-0.4, -0.2) is 38.0 Å². The smallest absolute Gasteiger partial charge is 0.306 e. The van der Waals surface area contributed by atoms with Crippen LogP contribution in [0.5, 0.6) is 5.75 Å². The number of furan rings is 1. The van der Waals surface area contributed by atoms with Crippen LogP contribution in [0.1, 0.15) is 23.2 Å². The molecule has 180 valence electrons. The Hall–Kier alpha value is -4.04. The Morgan fingerprint density at radius 3 is 2.51 bits per heavy atom. The van der Waals surface area contributed by atoms with E-state index >= 15 is 0 Å². The van der Waals surface area contributed by atoms with Gasteiger partial charge in [-0.2, -0.15) is 0 Å². The summed E-state index contributed by atoms with van der Waals surface area (Å²) in [5.41, 5.74) is 2.21. The van der Waals surface area contributed by atoms with Crippen LogP contribution < -0.4 is 15.4 Å². The summed E-state index contributed by atoms with van der Waals surface area (Å²) in [6, 6.07) is 17.6. The maximum Gasteiger partial charge on any atom is 0.306 e. The van der Waals surface area contributed by atoms with Crippen molar-refractivity contribution in [3.8, 4) is 5.75 Å². The van der Waals surface area contributed by atoms with Gasteiger partial charge in [0.25, 0.3) is 11.8 Å². The third-order valence-corrected chi connectivity index (χ3v) is 5.54. The van der Waals surface area contributed by atoms with Crippen molar-refractivity contribution in [1.29, 1.82) is 0 Å². The maximum atomic E-state index is 12.4. The summed E-state index contributed by atoms with van der Waals surface area (Å²) < 4.78 is 16.3. The van der Waals surface area contributed by atoms with Gasteiger partial charge in [0.2, 0.25) is 0 Å². The van der Waals surface area contributed by atoms with E-state index in [1.54, 1.807) is 36.4 Å². The van der Waals surface area contributed by atoms with E-state index < -0.39 is 18.5 Å². The zero-order chi connectivity index (χ0) is 24.8. The summed E-state index contributed by atoms with van der Waals surface area (Å²) in [4.78, 5) is 36.4. The lowest BCUT2D eigenvalue weighted by Crippen LogP contribution is -2.25. The van der Waals surface area contributed by atoms with Crippen LogP contribution >= 0.6 is 11.6 Å². The number of carbonyl (C=O) groups excluding carboxylic acids is 3. The van der Waals surface area contributed by atoms with E-state index in [2.05, 4.69) is 10.6 Å². The Labute approximate surface area is 206 Å². The van der Waals surface area contributed by atoms with Crippen LogP contribution in [-0.2, 0) is 14.3 Å². The van der Waals surface area contributed by atoms with E-state index in [1.165, 1.54) is 7.11 Å². The van der Waals surface area contributed by atoms with E-state index in [0.717, 1.165) is 16.4 Å². The Bertz CT molecular complexity index is 1380. The SMILES string of the molecule is COc1cc2c(cc1NC(=O)COC(=O)CCCNC(=O)c1ccc(Cl)cc1)oc1ccccc12. The summed E-state index contributed by atoms with van der Waals surface area (Å²) in [7, 11) is 1.50. The average Bonchev–Trinajstić information content (AvgIpc) is 3.22. The first-order chi connectivity index (χ1) is 16.9. The Morgan fingerprint density at radius 1 is 0.971 bits per heavy atom. The van der Waals surface area contributed by atoms with Gasteiger partial charge in [0.1, 0.15) is 16.9 Å². The molecule has 0 radical (unpaired) electrons. The number of ether oxygens (including phenoxy) is 2. The van der Waals surface area contributed by atoms with Gasteiger partial charge in [-0.3, -0.25) is 14.4 Å². The van der Waals surface area contributed by atoms with Crippen molar-refractivity contribution in [3.63, 3.8) is 0 Å². The topological polar surface area (TPSA) is 107 Å². The van der Waals surface area contributed by atoms with E-state index in [4.69, 9.17) is 25.5 Å². The third-order valence-electron chi connectivity index (χ3n) is 5.29. The van der Waals surface area contributed by atoms with Gasteiger partial charge in [-0.1, -0.05) is 29.8 Å². The fourth-order valence-corrected chi connectivity index (χ4v) is 3.69. The van der Waals surface area contributed by atoms with Gasteiger partial charge >= 0.3 is 5.97 Å². The van der Waals surface area contributed by atoms with Crippen LogP contribution in [0.2, 0.25) is 5.02 Å². The summed E-state index contributed by atoms with van der Waals surface area (Å²) in [6.07, 6.45) is 0.429. The number of benzene rings is 3. The molecule has 35 heavy (non-hydrogen) atoms. The lowest BCUT2D eigenvalue weighted by molar-refractivity contribution is -0.147. The average molecular weight is 495 g/mol. The van der Waals surface area contributed by atoms with Crippen molar-refractivity contribution < 1.29 is 28.3 Å². The van der Waals surface area contributed by atoms with Crippen LogP contribution in [0.25, 0.3) is 21.9 Å². The van der Waals surface area contributed by atoms with Gasteiger partial charge in [-0.05, 0) is 42.8 Å². The lowest BCUT2D eigenvalue weighted by atomic mass is 10.1. The Balaban J connectivity index is 1.25. The molecule has 4 rings (SSSR count). The number of fused-ring (bicyclic) bond motifs is 3. The van der Waals surface area contributed by atoms with Gasteiger partial charge in [0.15, 0.2) is 6.61 Å². The minimum atomic E-state index is -0.541. The molecule has 0 unspecified atom stereocenters. The summed E-state index contributed by atoms with van der Waals surface area (Å²) in [5, 5.41) is 7.76. The summed E-state index contributed by atoms with van der Waals surface area (Å²) in [5.74, 6) is -0.853. The van der Waals surface area contributed by atoms with Crippen LogP contribution in [0, 0.1) is 0 Å². The van der Waals surface area contributed by atoms with E-state index in [-0.39, 0.29) is 18.9 Å². The number of hydrogen-bond donors (Lipinski definition) is 2. The van der Waals surface area contributed by atoms with Crippen molar-refractivity contribution in [2.24, 2.45) is 0 Å². The molecule has 8 nitrogen and oxygen atoms in total. The van der Waals surface area contributed by atoms with Crippen molar-refractivity contribution in [1.82, 2.24) is 5.32 Å². The lowest BCUT2D eigenvalue weighted by Gasteiger charge is -2.11. The van der Waals surface area contributed by atoms with Crippen molar-refractivity contribution in [2.45, 2.75) is 12.8 Å². The monoisotopic (exact) mass is 494 g/mol. The number of hydrogen-bond acceptors (Lipinski definition) is 6. The molecule has 0 atom stereocenters. The van der Waals surface area contributed by atoms with E-state index in [1.807, 2.05) is 24.3 Å². The second-order valence-corrected chi connectivity index (χ2v) is 8.16. The molecule has 0 saturated heterocycles. The predicted molar refractivity (Wildman–Crippen MR) is 133 cm³/mol. The second-order valence-electron chi connectivity index (χ2n) is 7.72. The number of amides is 2. The third kappa shape index (κ3) is 5.91. The molecular formula is C26H23ClN2O6.